The van der Waals surface area contributed by atoms with Gasteiger partial charge < -0.3 is 29.0 Å². The number of hydrogen-bond acceptors (Lipinski definition) is 9. The van der Waals surface area contributed by atoms with E-state index in [0.29, 0.717) is 46.2 Å². The first-order valence-corrected chi connectivity index (χ1v) is 10.8. The summed E-state index contributed by atoms with van der Waals surface area (Å²) in [7, 11) is 7.07. The van der Waals surface area contributed by atoms with E-state index in [1.165, 1.54) is 53.0 Å². The van der Waals surface area contributed by atoms with Crippen LogP contribution >= 0.6 is 11.3 Å². The molecule has 1 N–H and O–H groups in total. The van der Waals surface area contributed by atoms with Crippen molar-refractivity contribution in [1.82, 2.24) is 0 Å². The van der Waals surface area contributed by atoms with Gasteiger partial charge in [-0.1, -0.05) is 0 Å². The van der Waals surface area contributed by atoms with Crippen LogP contribution in [0, 0.1) is 0 Å². The van der Waals surface area contributed by atoms with Crippen LogP contribution in [-0.4, -0.2) is 53.4 Å². The van der Waals surface area contributed by atoms with Gasteiger partial charge in [0.15, 0.2) is 11.5 Å². The van der Waals surface area contributed by atoms with Gasteiger partial charge in [0, 0.05) is 11.0 Å². The number of amides is 1. The highest BCUT2D eigenvalue weighted by Crippen LogP contribution is 2.46. The highest BCUT2D eigenvalue weighted by atomic mass is 32.1. The number of esters is 2. The third-order valence-electron chi connectivity index (χ3n) is 5.26. The minimum Gasteiger partial charge on any atom is -0.493 e. The van der Waals surface area contributed by atoms with Gasteiger partial charge in [0.1, 0.15) is 5.00 Å². The van der Waals surface area contributed by atoms with Crippen LogP contribution in [0.4, 0.5) is 5.00 Å². The first kappa shape index (κ1) is 24.1. The molecule has 3 rings (SSSR count). The number of nitrogens with one attached hydrogen (secondary N) is 1. The Balaban J connectivity index is 1.88. The lowest BCUT2D eigenvalue weighted by Gasteiger charge is -2.13. The van der Waals surface area contributed by atoms with E-state index in [1.807, 2.05) is 0 Å². The summed E-state index contributed by atoms with van der Waals surface area (Å²) < 4.78 is 25.7. The lowest BCUT2D eigenvalue weighted by Crippen LogP contribution is -2.16. The summed E-state index contributed by atoms with van der Waals surface area (Å²) in [5.41, 5.74) is 1.41. The molecule has 1 amide bonds. The molecule has 33 heavy (non-hydrogen) atoms. The molecule has 0 spiro atoms. The zero-order valence-electron chi connectivity index (χ0n) is 19.0. The number of thiophene rings is 1. The maximum atomic E-state index is 12.7. The summed E-state index contributed by atoms with van der Waals surface area (Å²) in [4.78, 5) is 38.2. The standard InChI is InChI=1S/C23H25NO8S/c1-28-14-10-12(11-15(29-2)20(14)30-3)6-9-17(25)24-21-19(23(27)32-5)18-13(22(26)31-4)7-8-16(18)33-21/h6,9-11,13H,7-8H2,1-5H3,(H,24,25)/b9-6+. The van der Waals surface area contributed by atoms with Crippen molar-refractivity contribution in [2.75, 3.05) is 40.9 Å². The number of carbonyl (C=O) groups excluding carboxylic acids is 3. The lowest BCUT2D eigenvalue weighted by molar-refractivity contribution is -0.142. The van der Waals surface area contributed by atoms with Gasteiger partial charge in [-0.2, -0.15) is 0 Å². The van der Waals surface area contributed by atoms with Crippen molar-refractivity contribution in [2.24, 2.45) is 0 Å². The molecule has 2 aromatic rings. The van der Waals surface area contributed by atoms with Crippen LogP contribution in [0.2, 0.25) is 0 Å². The third-order valence-corrected chi connectivity index (χ3v) is 6.44. The Hall–Kier alpha value is -3.53. The number of anilines is 1. The van der Waals surface area contributed by atoms with E-state index < -0.39 is 23.8 Å². The van der Waals surface area contributed by atoms with Gasteiger partial charge in [-0.05, 0) is 42.2 Å². The van der Waals surface area contributed by atoms with Gasteiger partial charge in [-0.25, -0.2) is 4.79 Å². The van der Waals surface area contributed by atoms with Gasteiger partial charge in [-0.3, -0.25) is 9.59 Å². The number of ether oxygens (including phenoxy) is 5. The molecule has 0 saturated heterocycles. The van der Waals surface area contributed by atoms with Crippen LogP contribution in [0.25, 0.3) is 6.08 Å². The van der Waals surface area contributed by atoms with Gasteiger partial charge in [0.25, 0.3) is 0 Å². The molecular formula is C23H25NO8S. The minimum atomic E-state index is -0.618. The molecular weight excluding hydrogens is 450 g/mol. The molecule has 10 heteroatoms. The number of aryl methyl sites for hydroxylation is 1. The predicted molar refractivity (Wildman–Crippen MR) is 122 cm³/mol. The van der Waals surface area contributed by atoms with Crippen molar-refractivity contribution < 1.29 is 38.1 Å². The third kappa shape index (κ3) is 4.80. The fraction of sp³-hybridized carbons (Fsp3) is 0.348. The summed E-state index contributed by atoms with van der Waals surface area (Å²) in [5.74, 6) is -0.706. The maximum Gasteiger partial charge on any atom is 0.341 e. The molecule has 1 aliphatic carbocycles. The molecule has 0 bridgehead atoms. The molecule has 1 atom stereocenters. The number of carbonyl (C=O) groups is 3. The summed E-state index contributed by atoms with van der Waals surface area (Å²) in [5, 5.41) is 3.07. The summed E-state index contributed by atoms with van der Waals surface area (Å²) in [6, 6.07) is 3.40. The molecule has 9 nitrogen and oxygen atoms in total. The van der Waals surface area contributed by atoms with E-state index in [0.717, 1.165) is 4.88 Å². The highest BCUT2D eigenvalue weighted by molar-refractivity contribution is 7.17. The summed E-state index contributed by atoms with van der Waals surface area (Å²) >= 11 is 1.26. The molecule has 1 unspecified atom stereocenters. The van der Waals surface area contributed by atoms with Crippen LogP contribution < -0.4 is 19.5 Å². The molecule has 1 aromatic carbocycles. The Kier molecular flexibility index (Phi) is 7.59. The second-order valence-electron chi connectivity index (χ2n) is 7.03. The lowest BCUT2D eigenvalue weighted by atomic mass is 9.99. The Labute approximate surface area is 195 Å². The fourth-order valence-electron chi connectivity index (χ4n) is 3.76. The van der Waals surface area contributed by atoms with Crippen LogP contribution in [0.1, 0.15) is 38.7 Å². The number of rotatable bonds is 8. The van der Waals surface area contributed by atoms with E-state index in [2.05, 4.69) is 5.32 Å². The minimum absolute atomic E-state index is 0.194. The highest BCUT2D eigenvalue weighted by Gasteiger charge is 2.38. The Morgan fingerprint density at radius 3 is 2.21 bits per heavy atom. The second kappa shape index (κ2) is 10.4. The normalized spacial score (nSPS) is 14.5. The quantitative estimate of drug-likeness (QED) is 0.457. The molecule has 1 aromatic heterocycles. The average Bonchev–Trinajstić information content (AvgIpc) is 3.39. The van der Waals surface area contributed by atoms with E-state index in [9.17, 15) is 14.4 Å². The molecule has 1 heterocycles. The molecule has 0 radical (unpaired) electrons. The fourth-order valence-corrected chi connectivity index (χ4v) is 5.03. The van der Waals surface area contributed by atoms with Crippen molar-refractivity contribution in [3.8, 4) is 17.2 Å². The molecule has 1 aliphatic rings. The van der Waals surface area contributed by atoms with E-state index in [4.69, 9.17) is 23.7 Å². The first-order chi connectivity index (χ1) is 15.9. The Bertz CT molecular complexity index is 1080. The zero-order valence-corrected chi connectivity index (χ0v) is 19.8. The van der Waals surface area contributed by atoms with Crippen LogP contribution in [0.5, 0.6) is 17.2 Å². The first-order valence-electron chi connectivity index (χ1n) is 9.99. The number of benzene rings is 1. The van der Waals surface area contributed by atoms with Gasteiger partial charge in [-0.15, -0.1) is 11.3 Å². The van der Waals surface area contributed by atoms with Gasteiger partial charge >= 0.3 is 11.9 Å². The SMILES string of the molecule is COC(=O)c1c(NC(=O)/C=C/c2cc(OC)c(OC)c(OC)c2)sc2c1C(C(=O)OC)CC2. The van der Waals surface area contributed by atoms with Crippen LogP contribution in [0.3, 0.4) is 0 Å². The van der Waals surface area contributed by atoms with E-state index >= 15 is 0 Å². The number of methoxy groups -OCH3 is 5. The van der Waals surface area contributed by atoms with Gasteiger partial charge in [0.05, 0.1) is 47.0 Å². The van der Waals surface area contributed by atoms with Crippen molar-refractivity contribution in [2.45, 2.75) is 18.8 Å². The monoisotopic (exact) mass is 475 g/mol. The number of fused-ring (bicyclic) bond motifs is 1. The summed E-state index contributed by atoms with van der Waals surface area (Å²) in [6.07, 6.45) is 4.06. The van der Waals surface area contributed by atoms with Crippen molar-refractivity contribution in [3.05, 3.63) is 39.8 Å². The molecule has 0 saturated carbocycles. The van der Waals surface area contributed by atoms with Gasteiger partial charge in [0.2, 0.25) is 11.7 Å². The van der Waals surface area contributed by atoms with E-state index in [1.54, 1.807) is 18.2 Å². The van der Waals surface area contributed by atoms with Crippen LogP contribution in [0.15, 0.2) is 18.2 Å². The molecule has 176 valence electrons. The van der Waals surface area contributed by atoms with Crippen molar-refractivity contribution in [1.29, 1.82) is 0 Å². The van der Waals surface area contributed by atoms with Crippen molar-refractivity contribution >= 4 is 40.3 Å². The Morgan fingerprint density at radius 2 is 1.67 bits per heavy atom. The maximum absolute atomic E-state index is 12.7. The second-order valence-corrected chi connectivity index (χ2v) is 8.14. The number of hydrogen-bond donors (Lipinski definition) is 1. The molecule has 0 aliphatic heterocycles. The smallest absolute Gasteiger partial charge is 0.341 e. The topological polar surface area (TPSA) is 109 Å². The largest absolute Gasteiger partial charge is 0.493 e. The average molecular weight is 476 g/mol. The summed E-state index contributed by atoms with van der Waals surface area (Å²) in [6.45, 7) is 0. The van der Waals surface area contributed by atoms with Crippen molar-refractivity contribution in [3.63, 3.8) is 0 Å². The van der Waals surface area contributed by atoms with E-state index in [-0.39, 0.29) is 5.56 Å². The predicted octanol–water partition coefficient (Wildman–Crippen LogP) is 3.42. The molecule has 0 fully saturated rings. The zero-order chi connectivity index (χ0) is 24.1. The van der Waals surface area contributed by atoms with Crippen LogP contribution in [-0.2, 0) is 25.5 Å². The Morgan fingerprint density at radius 1 is 1.00 bits per heavy atom.